The van der Waals surface area contributed by atoms with Gasteiger partial charge < -0.3 is 5.32 Å². The van der Waals surface area contributed by atoms with Gasteiger partial charge in [0.2, 0.25) is 15.9 Å². The van der Waals surface area contributed by atoms with Crippen molar-refractivity contribution in [2.75, 3.05) is 19.4 Å². The Morgan fingerprint density at radius 2 is 1.81 bits per heavy atom. The van der Waals surface area contributed by atoms with E-state index in [1.807, 2.05) is 0 Å². The van der Waals surface area contributed by atoms with Crippen LogP contribution in [0.15, 0.2) is 59.5 Å². The minimum atomic E-state index is -3.59. The molecular formula is C17H17N3O5S. The summed E-state index contributed by atoms with van der Waals surface area (Å²) in [6.45, 7) is 0. The number of amides is 1. The molecule has 1 amide bonds. The predicted octanol–water partition coefficient (Wildman–Crippen LogP) is 2.50. The lowest BCUT2D eigenvalue weighted by atomic mass is 10.2. The molecule has 0 bridgehead atoms. The molecule has 2 rings (SSSR count). The van der Waals surface area contributed by atoms with Gasteiger partial charge in [-0.1, -0.05) is 6.07 Å². The average Bonchev–Trinajstić information content (AvgIpc) is 2.60. The first kappa shape index (κ1) is 19.3. The Labute approximate surface area is 151 Å². The maximum absolute atomic E-state index is 12.1. The van der Waals surface area contributed by atoms with Gasteiger partial charge in [0.15, 0.2) is 0 Å². The number of carbonyl (C=O) groups excluding carboxylic acids is 1. The number of benzene rings is 2. The maximum atomic E-state index is 12.1. The highest BCUT2D eigenvalue weighted by molar-refractivity contribution is 7.89. The molecule has 136 valence electrons. The van der Waals surface area contributed by atoms with Crippen LogP contribution in [0.1, 0.15) is 5.56 Å². The van der Waals surface area contributed by atoms with Crippen LogP contribution in [0.3, 0.4) is 0 Å². The molecule has 0 radical (unpaired) electrons. The number of sulfonamides is 1. The predicted molar refractivity (Wildman–Crippen MR) is 98.1 cm³/mol. The number of carbonyl (C=O) groups is 1. The molecule has 8 nitrogen and oxygen atoms in total. The van der Waals surface area contributed by atoms with Crippen LogP contribution in [0.25, 0.3) is 6.08 Å². The molecule has 2 aromatic carbocycles. The zero-order valence-corrected chi connectivity index (χ0v) is 14.9. The first-order valence-electron chi connectivity index (χ1n) is 7.46. The minimum absolute atomic E-state index is 0.0366. The highest BCUT2D eigenvalue weighted by Gasteiger charge is 2.17. The summed E-state index contributed by atoms with van der Waals surface area (Å²) >= 11 is 0. The van der Waals surface area contributed by atoms with Crippen molar-refractivity contribution in [1.29, 1.82) is 0 Å². The number of non-ortho nitro benzene ring substituents is 1. The first-order valence-corrected chi connectivity index (χ1v) is 8.90. The molecule has 0 fully saturated rings. The molecule has 0 unspecified atom stereocenters. The molecule has 1 N–H and O–H groups in total. The summed E-state index contributed by atoms with van der Waals surface area (Å²) in [5.41, 5.74) is 0.923. The molecule has 0 aliphatic rings. The third kappa shape index (κ3) is 4.74. The summed E-state index contributed by atoms with van der Waals surface area (Å²) in [4.78, 5) is 22.2. The van der Waals surface area contributed by atoms with Gasteiger partial charge in [-0.25, -0.2) is 12.7 Å². The lowest BCUT2D eigenvalue weighted by Crippen LogP contribution is -2.22. The van der Waals surface area contributed by atoms with Gasteiger partial charge in [-0.15, -0.1) is 0 Å². The number of nitro benzene ring substituents is 1. The second-order valence-electron chi connectivity index (χ2n) is 5.49. The number of hydrogen-bond donors (Lipinski definition) is 1. The molecule has 26 heavy (non-hydrogen) atoms. The van der Waals surface area contributed by atoms with E-state index < -0.39 is 20.9 Å². The van der Waals surface area contributed by atoms with Crippen molar-refractivity contribution in [2.24, 2.45) is 0 Å². The van der Waals surface area contributed by atoms with E-state index in [2.05, 4.69) is 5.32 Å². The van der Waals surface area contributed by atoms with Gasteiger partial charge in [0.1, 0.15) is 0 Å². The highest BCUT2D eigenvalue weighted by atomic mass is 32.2. The lowest BCUT2D eigenvalue weighted by molar-refractivity contribution is -0.384. The molecule has 0 aliphatic heterocycles. The Kier molecular flexibility index (Phi) is 5.86. The molecule has 9 heteroatoms. The van der Waals surface area contributed by atoms with Crippen molar-refractivity contribution in [3.05, 3.63) is 70.3 Å². The van der Waals surface area contributed by atoms with Crippen LogP contribution in [0.2, 0.25) is 0 Å². The minimum Gasteiger partial charge on any atom is -0.322 e. The van der Waals surface area contributed by atoms with E-state index in [4.69, 9.17) is 0 Å². The largest absolute Gasteiger partial charge is 0.322 e. The Bertz CT molecular complexity index is 951. The van der Waals surface area contributed by atoms with Gasteiger partial charge in [0.25, 0.3) is 5.69 Å². The summed E-state index contributed by atoms with van der Waals surface area (Å²) < 4.78 is 25.3. The summed E-state index contributed by atoms with van der Waals surface area (Å²) in [6.07, 6.45) is 2.76. The van der Waals surface area contributed by atoms with E-state index in [1.54, 1.807) is 6.07 Å². The van der Waals surface area contributed by atoms with Crippen LogP contribution >= 0.6 is 0 Å². The van der Waals surface area contributed by atoms with Crippen molar-refractivity contribution in [1.82, 2.24) is 4.31 Å². The fourth-order valence-electron chi connectivity index (χ4n) is 2.01. The van der Waals surface area contributed by atoms with Gasteiger partial charge in [-0.05, 0) is 42.0 Å². The lowest BCUT2D eigenvalue weighted by Gasteiger charge is -2.12. The fraction of sp³-hybridized carbons (Fsp3) is 0.118. The third-order valence-corrected chi connectivity index (χ3v) is 5.22. The first-order chi connectivity index (χ1) is 12.2. The van der Waals surface area contributed by atoms with Gasteiger partial charge in [0, 0.05) is 38.0 Å². The average molecular weight is 375 g/mol. The SMILES string of the molecule is CN(C)S(=O)(=O)c1cccc(NC(=O)C=Cc2ccc([N+](=O)[O-])cc2)c1. The number of nitrogens with one attached hydrogen (secondary N) is 1. The summed E-state index contributed by atoms with van der Waals surface area (Å²) in [7, 11) is -0.744. The second kappa shape index (κ2) is 7.89. The standard InChI is InChI=1S/C17H17N3O5S/c1-19(2)26(24,25)16-5-3-4-14(12-16)18-17(21)11-8-13-6-9-15(10-7-13)20(22)23/h3-12H,1-2H3,(H,18,21). The Morgan fingerprint density at radius 1 is 1.15 bits per heavy atom. The van der Waals surface area contributed by atoms with Crippen LogP contribution in [-0.4, -0.2) is 37.6 Å². The van der Waals surface area contributed by atoms with Crippen molar-refractivity contribution in [3.63, 3.8) is 0 Å². The van der Waals surface area contributed by atoms with Gasteiger partial charge in [-0.2, -0.15) is 0 Å². The zero-order valence-electron chi connectivity index (χ0n) is 14.1. The molecule has 0 saturated carbocycles. The molecule has 0 saturated heterocycles. The van der Waals surface area contributed by atoms with Crippen LogP contribution in [0.5, 0.6) is 0 Å². The van der Waals surface area contributed by atoms with Gasteiger partial charge in [0.05, 0.1) is 9.82 Å². The van der Waals surface area contributed by atoms with Crippen molar-refractivity contribution in [3.8, 4) is 0 Å². The van der Waals surface area contributed by atoms with E-state index in [1.165, 1.54) is 68.7 Å². The fourth-order valence-corrected chi connectivity index (χ4v) is 2.96. The quantitative estimate of drug-likeness (QED) is 0.474. The Hall–Kier alpha value is -3.04. The zero-order chi connectivity index (χ0) is 19.3. The van der Waals surface area contributed by atoms with Crippen molar-refractivity contribution in [2.45, 2.75) is 4.90 Å². The second-order valence-corrected chi connectivity index (χ2v) is 7.64. The number of nitro groups is 1. The summed E-state index contributed by atoms with van der Waals surface area (Å²) in [6, 6.07) is 11.6. The van der Waals surface area contributed by atoms with E-state index in [9.17, 15) is 23.3 Å². The normalized spacial score (nSPS) is 11.7. The van der Waals surface area contributed by atoms with E-state index in [0.717, 1.165) is 4.31 Å². The topological polar surface area (TPSA) is 110 Å². The summed E-state index contributed by atoms with van der Waals surface area (Å²) in [5.74, 6) is -0.456. The van der Waals surface area contributed by atoms with E-state index in [0.29, 0.717) is 11.3 Å². The summed E-state index contributed by atoms with van der Waals surface area (Å²) in [5, 5.41) is 13.2. The molecule has 0 heterocycles. The number of hydrogen-bond acceptors (Lipinski definition) is 5. The Morgan fingerprint density at radius 3 is 2.38 bits per heavy atom. The molecular weight excluding hydrogens is 358 g/mol. The third-order valence-electron chi connectivity index (χ3n) is 3.41. The van der Waals surface area contributed by atoms with Crippen LogP contribution in [-0.2, 0) is 14.8 Å². The smallest absolute Gasteiger partial charge is 0.269 e. The van der Waals surface area contributed by atoms with Gasteiger partial charge >= 0.3 is 0 Å². The molecule has 0 spiro atoms. The molecule has 0 aliphatic carbocycles. The van der Waals surface area contributed by atoms with Crippen LogP contribution in [0, 0.1) is 10.1 Å². The molecule has 2 aromatic rings. The molecule has 0 aromatic heterocycles. The van der Waals surface area contributed by atoms with Crippen LogP contribution < -0.4 is 5.32 Å². The highest BCUT2D eigenvalue weighted by Crippen LogP contribution is 2.18. The van der Waals surface area contributed by atoms with Crippen molar-refractivity contribution < 1.29 is 18.1 Å². The number of rotatable bonds is 6. The van der Waals surface area contributed by atoms with E-state index >= 15 is 0 Å². The van der Waals surface area contributed by atoms with Gasteiger partial charge in [-0.3, -0.25) is 14.9 Å². The monoisotopic (exact) mass is 375 g/mol. The number of anilines is 1. The van der Waals surface area contributed by atoms with E-state index in [-0.39, 0.29) is 10.6 Å². The molecule has 0 atom stereocenters. The van der Waals surface area contributed by atoms with Crippen molar-refractivity contribution >= 4 is 33.4 Å². The van der Waals surface area contributed by atoms with Crippen LogP contribution in [0.4, 0.5) is 11.4 Å². The number of nitrogens with zero attached hydrogens (tertiary/aromatic N) is 2. The maximum Gasteiger partial charge on any atom is 0.269 e. The Balaban J connectivity index is 2.09.